The minimum Gasteiger partial charge on any atom is -0.481 e. The van der Waals surface area contributed by atoms with Crippen molar-refractivity contribution < 1.29 is 32.6 Å². The Bertz CT molecular complexity index is 1050. The van der Waals surface area contributed by atoms with Crippen LogP contribution in [-0.4, -0.2) is 50.4 Å². The molecule has 0 heterocycles. The number of carboxylic acids is 1. The molecule has 1 aliphatic carbocycles. The number of alkyl carbamates (subject to hydrolysis) is 1. The van der Waals surface area contributed by atoms with E-state index in [2.05, 4.69) is 5.32 Å². The fourth-order valence-corrected chi connectivity index (χ4v) is 3.93. The van der Waals surface area contributed by atoms with Crippen LogP contribution in [0.2, 0.25) is 0 Å². The summed E-state index contributed by atoms with van der Waals surface area (Å²) < 4.78 is 29.4. The van der Waals surface area contributed by atoms with Gasteiger partial charge in [-0.25, -0.2) is 13.2 Å². The number of carbonyl (C=O) groups excluding carboxylic acids is 2. The lowest BCUT2D eigenvalue weighted by molar-refractivity contribution is -0.139. The predicted octanol–water partition coefficient (Wildman–Crippen LogP) is 1.44. The van der Waals surface area contributed by atoms with Gasteiger partial charge in [0.15, 0.2) is 0 Å². The van der Waals surface area contributed by atoms with E-state index in [9.17, 15) is 22.8 Å². The van der Waals surface area contributed by atoms with Crippen LogP contribution in [0.5, 0.6) is 0 Å². The highest BCUT2D eigenvalue weighted by Crippen LogP contribution is 2.44. The first-order valence-corrected chi connectivity index (χ1v) is 10.9. The number of rotatable bonds is 7. The van der Waals surface area contributed by atoms with E-state index >= 15 is 0 Å². The summed E-state index contributed by atoms with van der Waals surface area (Å²) in [4.78, 5) is 35.2. The average Bonchev–Trinajstić information content (AvgIpc) is 2.98. The van der Waals surface area contributed by atoms with Crippen LogP contribution >= 0.6 is 0 Å². The number of nitrogens with one attached hydrogen (secondary N) is 2. The van der Waals surface area contributed by atoms with Crippen molar-refractivity contribution in [3.8, 4) is 11.1 Å². The van der Waals surface area contributed by atoms with Gasteiger partial charge in [-0.2, -0.15) is 0 Å². The molecule has 10 heteroatoms. The molecule has 0 bridgehead atoms. The SMILES string of the molecule is CS(=O)(=O)NC(=O)C(CC(=O)O)NC(=O)OCC1c2ccccc2-c2ccccc21. The minimum absolute atomic E-state index is 0.0344. The molecule has 0 aliphatic heterocycles. The molecule has 1 aliphatic rings. The number of hydrogen-bond acceptors (Lipinski definition) is 6. The van der Waals surface area contributed by atoms with Crippen LogP contribution in [-0.2, 0) is 24.3 Å². The largest absolute Gasteiger partial charge is 0.481 e. The molecule has 0 radical (unpaired) electrons. The second kappa shape index (κ2) is 8.54. The molecule has 0 saturated carbocycles. The van der Waals surface area contributed by atoms with Crippen LogP contribution in [0.25, 0.3) is 11.1 Å². The summed E-state index contributed by atoms with van der Waals surface area (Å²) in [6.45, 7) is -0.0344. The number of aliphatic carboxylic acids is 1. The van der Waals surface area contributed by atoms with E-state index in [4.69, 9.17) is 9.84 Å². The average molecular weight is 432 g/mol. The van der Waals surface area contributed by atoms with Crippen molar-refractivity contribution in [2.24, 2.45) is 0 Å². The van der Waals surface area contributed by atoms with Gasteiger partial charge in [-0.05, 0) is 22.3 Å². The summed E-state index contributed by atoms with van der Waals surface area (Å²) in [5, 5.41) is 11.1. The molecular weight excluding hydrogens is 412 g/mol. The molecule has 3 N–H and O–H groups in total. The zero-order valence-electron chi connectivity index (χ0n) is 16.0. The Morgan fingerprint density at radius 2 is 1.57 bits per heavy atom. The molecule has 0 spiro atoms. The summed E-state index contributed by atoms with van der Waals surface area (Å²) in [6, 6.07) is 13.8. The van der Waals surface area contributed by atoms with Gasteiger partial charge in [0.2, 0.25) is 10.0 Å². The molecule has 1 atom stereocenters. The van der Waals surface area contributed by atoms with E-state index in [0.29, 0.717) is 0 Å². The summed E-state index contributed by atoms with van der Waals surface area (Å²) in [5.41, 5.74) is 4.06. The van der Waals surface area contributed by atoms with Crippen LogP contribution in [0.15, 0.2) is 48.5 Å². The minimum atomic E-state index is -3.92. The van der Waals surface area contributed by atoms with Gasteiger partial charge in [-0.3, -0.25) is 14.3 Å². The van der Waals surface area contributed by atoms with Gasteiger partial charge in [0.1, 0.15) is 12.6 Å². The van der Waals surface area contributed by atoms with E-state index in [1.54, 1.807) is 4.72 Å². The summed E-state index contributed by atoms with van der Waals surface area (Å²) in [5.74, 6) is -2.76. The third-order valence-corrected chi connectivity index (χ3v) is 5.19. The lowest BCUT2D eigenvalue weighted by atomic mass is 9.98. The van der Waals surface area contributed by atoms with Crippen molar-refractivity contribution in [3.63, 3.8) is 0 Å². The normalized spacial score (nSPS) is 13.6. The quantitative estimate of drug-likeness (QED) is 0.602. The molecule has 30 heavy (non-hydrogen) atoms. The van der Waals surface area contributed by atoms with Crippen molar-refractivity contribution in [2.75, 3.05) is 12.9 Å². The van der Waals surface area contributed by atoms with E-state index in [-0.39, 0.29) is 12.5 Å². The van der Waals surface area contributed by atoms with Gasteiger partial charge in [-0.1, -0.05) is 48.5 Å². The molecule has 3 rings (SSSR count). The molecular formula is C20H20N2O7S. The molecule has 1 unspecified atom stereocenters. The second-order valence-corrected chi connectivity index (χ2v) is 8.61. The van der Waals surface area contributed by atoms with Crippen molar-refractivity contribution in [3.05, 3.63) is 59.7 Å². The number of fused-ring (bicyclic) bond motifs is 3. The number of benzene rings is 2. The highest BCUT2D eigenvalue weighted by atomic mass is 32.2. The third kappa shape index (κ3) is 4.95. The first-order valence-electron chi connectivity index (χ1n) is 9.00. The Morgan fingerprint density at radius 3 is 2.07 bits per heavy atom. The first-order chi connectivity index (χ1) is 14.2. The van der Waals surface area contributed by atoms with Crippen LogP contribution in [0.3, 0.4) is 0 Å². The number of carboxylic acid groups (broad SMARTS) is 1. The number of hydrogen-bond donors (Lipinski definition) is 3. The van der Waals surface area contributed by atoms with Gasteiger partial charge < -0.3 is 15.2 Å². The Morgan fingerprint density at radius 1 is 1.03 bits per heavy atom. The zero-order chi connectivity index (χ0) is 21.9. The Labute approximate surface area is 173 Å². The first kappa shape index (κ1) is 21.3. The Hall–Kier alpha value is -3.40. The standard InChI is InChI=1S/C20H20N2O7S/c1-30(27,28)22-19(25)17(10-18(23)24)21-20(26)29-11-16-14-8-4-2-6-12(14)13-7-3-5-9-15(13)16/h2-9,16-17H,10-11H2,1H3,(H,21,26)(H,22,25)(H,23,24). The maximum absolute atomic E-state index is 12.2. The molecule has 9 nitrogen and oxygen atoms in total. The van der Waals surface area contributed by atoms with Crippen LogP contribution in [0.4, 0.5) is 4.79 Å². The maximum atomic E-state index is 12.2. The van der Waals surface area contributed by atoms with Crippen LogP contribution in [0, 0.1) is 0 Å². The highest BCUT2D eigenvalue weighted by molar-refractivity contribution is 7.89. The maximum Gasteiger partial charge on any atom is 0.407 e. The van der Waals surface area contributed by atoms with E-state index < -0.39 is 40.5 Å². The number of carbonyl (C=O) groups is 3. The van der Waals surface area contributed by atoms with Gasteiger partial charge in [0.05, 0.1) is 12.7 Å². The van der Waals surface area contributed by atoms with Gasteiger partial charge in [0.25, 0.3) is 5.91 Å². The number of amides is 2. The zero-order valence-corrected chi connectivity index (χ0v) is 16.8. The fourth-order valence-electron chi connectivity index (χ4n) is 3.42. The molecule has 0 fully saturated rings. The van der Waals surface area contributed by atoms with Crippen LogP contribution < -0.4 is 10.0 Å². The summed E-state index contributed by atoms with van der Waals surface area (Å²) in [6.07, 6.45) is -1.08. The molecule has 2 aromatic carbocycles. The summed E-state index contributed by atoms with van der Waals surface area (Å²) >= 11 is 0. The Balaban J connectivity index is 1.70. The van der Waals surface area contributed by atoms with Gasteiger partial charge in [-0.15, -0.1) is 0 Å². The second-order valence-electron chi connectivity index (χ2n) is 6.86. The molecule has 0 saturated heterocycles. The predicted molar refractivity (Wildman–Crippen MR) is 107 cm³/mol. The van der Waals surface area contributed by atoms with E-state index in [1.165, 1.54) is 0 Å². The lowest BCUT2D eigenvalue weighted by Gasteiger charge is -2.18. The van der Waals surface area contributed by atoms with E-state index in [0.717, 1.165) is 28.5 Å². The van der Waals surface area contributed by atoms with E-state index in [1.807, 2.05) is 48.5 Å². The molecule has 158 valence electrons. The smallest absolute Gasteiger partial charge is 0.407 e. The lowest BCUT2D eigenvalue weighted by Crippen LogP contribution is -2.49. The van der Waals surface area contributed by atoms with Crippen molar-refractivity contribution >= 4 is 28.0 Å². The van der Waals surface area contributed by atoms with Crippen molar-refractivity contribution in [1.29, 1.82) is 0 Å². The number of sulfonamides is 1. The third-order valence-electron chi connectivity index (χ3n) is 4.62. The van der Waals surface area contributed by atoms with Crippen molar-refractivity contribution in [2.45, 2.75) is 18.4 Å². The number of ether oxygens (including phenoxy) is 1. The van der Waals surface area contributed by atoms with Crippen molar-refractivity contribution in [1.82, 2.24) is 10.0 Å². The van der Waals surface area contributed by atoms with Gasteiger partial charge in [0, 0.05) is 5.92 Å². The highest BCUT2D eigenvalue weighted by Gasteiger charge is 2.30. The molecule has 2 amide bonds. The van der Waals surface area contributed by atoms with Crippen LogP contribution in [0.1, 0.15) is 23.5 Å². The molecule has 0 aromatic heterocycles. The topological polar surface area (TPSA) is 139 Å². The molecule has 2 aromatic rings. The monoisotopic (exact) mass is 432 g/mol. The fraction of sp³-hybridized carbons (Fsp3) is 0.250. The van der Waals surface area contributed by atoms with Gasteiger partial charge >= 0.3 is 12.1 Å². The Kier molecular flexibility index (Phi) is 6.06. The summed E-state index contributed by atoms with van der Waals surface area (Å²) in [7, 11) is -3.92.